The lowest BCUT2D eigenvalue weighted by Crippen LogP contribution is -2.36. The van der Waals surface area contributed by atoms with E-state index in [2.05, 4.69) is 15.1 Å². The molecule has 0 bridgehead atoms. The quantitative estimate of drug-likeness (QED) is 0.559. The van der Waals surface area contributed by atoms with Gasteiger partial charge in [0.1, 0.15) is 0 Å². The molecule has 2 heterocycles. The third-order valence-electron chi connectivity index (χ3n) is 6.26. The van der Waals surface area contributed by atoms with E-state index in [1.807, 2.05) is 37.3 Å². The lowest BCUT2D eigenvalue weighted by atomic mass is 9.96. The van der Waals surface area contributed by atoms with Gasteiger partial charge in [-0.15, -0.1) is 10.2 Å². The fraction of sp³-hybridized carbons (Fsp3) is 0.360. The van der Waals surface area contributed by atoms with Crippen LogP contribution in [-0.4, -0.2) is 54.9 Å². The van der Waals surface area contributed by atoms with Crippen LogP contribution in [-0.2, 0) is 4.74 Å². The maximum atomic E-state index is 13.7. The predicted molar refractivity (Wildman–Crippen MR) is 132 cm³/mol. The highest BCUT2D eigenvalue weighted by molar-refractivity contribution is 7.19. The van der Waals surface area contributed by atoms with Crippen molar-refractivity contribution in [2.24, 2.45) is 11.7 Å². The molecule has 1 saturated carbocycles. The Hall–Kier alpha value is -3.30. The van der Waals surface area contributed by atoms with Crippen LogP contribution in [0.25, 0.3) is 11.1 Å². The topological polar surface area (TPSA) is 102 Å². The van der Waals surface area contributed by atoms with E-state index in [1.54, 1.807) is 17.0 Å². The Bertz CT molecular complexity index is 1200. The highest BCUT2D eigenvalue weighted by Crippen LogP contribution is 2.35. The van der Waals surface area contributed by atoms with Gasteiger partial charge in [-0.1, -0.05) is 29.5 Å². The van der Waals surface area contributed by atoms with E-state index < -0.39 is 5.91 Å². The summed E-state index contributed by atoms with van der Waals surface area (Å²) in [6.45, 7) is 5.56. The monoisotopic (exact) mass is 477 g/mol. The number of carbonyl (C=O) groups excluding carboxylic acids is 2. The van der Waals surface area contributed by atoms with Crippen molar-refractivity contribution in [1.82, 2.24) is 10.2 Å². The number of anilines is 2. The number of nitrogens with zero attached hydrogens (tertiary/aromatic N) is 4. The largest absolute Gasteiger partial charge is 0.378 e. The van der Waals surface area contributed by atoms with Crippen molar-refractivity contribution in [1.29, 1.82) is 0 Å². The molecule has 9 heteroatoms. The predicted octanol–water partition coefficient (Wildman–Crippen LogP) is 3.51. The molecular formula is C25H27N5O3S. The lowest BCUT2D eigenvalue weighted by Gasteiger charge is -2.25. The first-order valence-electron chi connectivity index (χ1n) is 11.5. The number of morpholine rings is 1. The Morgan fingerprint density at radius 3 is 2.47 bits per heavy atom. The van der Waals surface area contributed by atoms with E-state index in [9.17, 15) is 9.59 Å². The summed E-state index contributed by atoms with van der Waals surface area (Å²) in [6.07, 6.45) is 2.26. The molecule has 0 radical (unpaired) electrons. The number of aromatic nitrogens is 2. The Balaban J connectivity index is 1.43. The van der Waals surface area contributed by atoms with E-state index in [0.29, 0.717) is 41.9 Å². The van der Waals surface area contributed by atoms with Gasteiger partial charge in [0, 0.05) is 30.8 Å². The van der Waals surface area contributed by atoms with Crippen LogP contribution in [0, 0.1) is 12.8 Å². The van der Waals surface area contributed by atoms with Gasteiger partial charge < -0.3 is 15.4 Å². The number of aryl methyl sites for hydroxylation is 1. The summed E-state index contributed by atoms with van der Waals surface area (Å²) in [6, 6.07) is 12.9. The Labute approximate surface area is 202 Å². The van der Waals surface area contributed by atoms with Crippen LogP contribution in [0.1, 0.15) is 39.1 Å². The third-order valence-corrected chi connectivity index (χ3v) is 7.27. The van der Waals surface area contributed by atoms with Gasteiger partial charge in [0.25, 0.3) is 5.91 Å². The Morgan fingerprint density at radius 1 is 1.09 bits per heavy atom. The van der Waals surface area contributed by atoms with Gasteiger partial charge in [0.05, 0.1) is 13.2 Å². The first-order valence-corrected chi connectivity index (χ1v) is 12.3. The van der Waals surface area contributed by atoms with Crippen LogP contribution in [0.3, 0.4) is 0 Å². The molecule has 3 aromatic rings. The second-order valence-corrected chi connectivity index (χ2v) is 9.73. The molecule has 8 nitrogen and oxygen atoms in total. The molecule has 2 fully saturated rings. The van der Waals surface area contributed by atoms with E-state index in [4.69, 9.17) is 10.5 Å². The fourth-order valence-corrected chi connectivity index (χ4v) is 4.95. The molecule has 0 atom stereocenters. The van der Waals surface area contributed by atoms with Crippen LogP contribution >= 0.6 is 11.3 Å². The zero-order valence-electron chi connectivity index (χ0n) is 19.1. The van der Waals surface area contributed by atoms with E-state index in [0.717, 1.165) is 47.8 Å². The van der Waals surface area contributed by atoms with Gasteiger partial charge in [-0.05, 0) is 66.6 Å². The molecule has 0 spiro atoms. The first-order chi connectivity index (χ1) is 16.5. The molecule has 2 N–H and O–H groups in total. The smallest absolute Gasteiger partial charge is 0.260 e. The summed E-state index contributed by atoms with van der Waals surface area (Å²) in [5, 5.41) is 10.2. The minimum atomic E-state index is -0.462. The van der Waals surface area contributed by atoms with Gasteiger partial charge in [-0.2, -0.15) is 0 Å². The standard InChI is InChI=1S/C25H27N5O3S/c1-16-2-5-20(14-21(16)18-6-8-19(9-7-18)22(26)31)23(32)30(15-17-3-4-17)25-28-27-24(34-25)29-10-12-33-13-11-29/h2,5-9,14,17H,3-4,10-13,15H2,1H3,(H2,26,31). The first kappa shape index (κ1) is 22.5. The molecule has 2 aromatic carbocycles. The molecule has 2 amide bonds. The Kier molecular flexibility index (Phi) is 6.30. The van der Waals surface area contributed by atoms with Crippen LogP contribution in [0.5, 0.6) is 0 Å². The second-order valence-electron chi connectivity index (χ2n) is 8.80. The van der Waals surface area contributed by atoms with Crippen LogP contribution < -0.4 is 15.5 Å². The number of hydrogen-bond donors (Lipinski definition) is 1. The van der Waals surface area contributed by atoms with Gasteiger partial charge >= 0.3 is 0 Å². The number of ether oxygens (including phenoxy) is 1. The van der Waals surface area contributed by atoms with E-state index in [1.165, 1.54) is 11.3 Å². The second kappa shape index (κ2) is 9.52. The molecule has 0 unspecified atom stereocenters. The van der Waals surface area contributed by atoms with Crippen molar-refractivity contribution in [2.75, 3.05) is 42.6 Å². The lowest BCUT2D eigenvalue weighted by molar-refractivity contribution is 0.0982. The molecule has 2 aliphatic rings. The van der Waals surface area contributed by atoms with Crippen molar-refractivity contribution < 1.29 is 14.3 Å². The Morgan fingerprint density at radius 2 is 1.79 bits per heavy atom. The average molecular weight is 478 g/mol. The van der Waals surface area contributed by atoms with E-state index >= 15 is 0 Å². The zero-order valence-corrected chi connectivity index (χ0v) is 19.9. The maximum absolute atomic E-state index is 13.7. The number of amides is 2. The van der Waals surface area contributed by atoms with Crippen LogP contribution in [0.4, 0.5) is 10.3 Å². The van der Waals surface area contributed by atoms with Gasteiger partial charge in [0.15, 0.2) is 0 Å². The SMILES string of the molecule is Cc1ccc(C(=O)N(CC2CC2)c2nnc(N3CCOCC3)s2)cc1-c1ccc(C(N)=O)cc1. The van der Waals surface area contributed by atoms with Gasteiger partial charge in [0.2, 0.25) is 16.2 Å². The van der Waals surface area contributed by atoms with Crippen molar-refractivity contribution in [3.05, 3.63) is 59.2 Å². The normalized spacial score (nSPS) is 15.9. The zero-order chi connectivity index (χ0) is 23.7. The number of hydrogen-bond acceptors (Lipinski definition) is 7. The maximum Gasteiger partial charge on any atom is 0.260 e. The summed E-state index contributed by atoms with van der Waals surface area (Å²) in [5.74, 6) is -0.0334. The highest BCUT2D eigenvalue weighted by atomic mass is 32.1. The van der Waals surface area contributed by atoms with E-state index in [-0.39, 0.29) is 5.91 Å². The fourth-order valence-electron chi connectivity index (χ4n) is 4.04. The van der Waals surface area contributed by atoms with Crippen LogP contribution in [0.15, 0.2) is 42.5 Å². The molecule has 1 aromatic heterocycles. The minimum absolute atomic E-state index is 0.0772. The molecule has 1 aliphatic heterocycles. The number of rotatable bonds is 7. The van der Waals surface area contributed by atoms with Crippen molar-refractivity contribution in [3.63, 3.8) is 0 Å². The third kappa shape index (κ3) is 4.80. The average Bonchev–Trinajstić information content (AvgIpc) is 3.56. The highest BCUT2D eigenvalue weighted by Gasteiger charge is 2.31. The molecule has 1 saturated heterocycles. The van der Waals surface area contributed by atoms with Crippen molar-refractivity contribution >= 4 is 33.4 Å². The molecule has 176 valence electrons. The number of nitrogens with two attached hydrogens (primary N) is 1. The summed E-state index contributed by atoms with van der Waals surface area (Å²) in [5.41, 5.74) is 9.34. The van der Waals surface area contributed by atoms with Crippen molar-refractivity contribution in [2.45, 2.75) is 19.8 Å². The summed E-state index contributed by atoms with van der Waals surface area (Å²) in [4.78, 5) is 29.1. The number of benzene rings is 2. The molecule has 34 heavy (non-hydrogen) atoms. The minimum Gasteiger partial charge on any atom is -0.378 e. The van der Waals surface area contributed by atoms with Crippen LogP contribution in [0.2, 0.25) is 0 Å². The number of carbonyl (C=O) groups is 2. The molecule has 5 rings (SSSR count). The van der Waals surface area contributed by atoms with Gasteiger partial charge in [-0.3, -0.25) is 14.5 Å². The summed E-state index contributed by atoms with van der Waals surface area (Å²) in [7, 11) is 0. The number of primary amides is 1. The molecular weight excluding hydrogens is 450 g/mol. The molecule has 1 aliphatic carbocycles. The van der Waals surface area contributed by atoms with Gasteiger partial charge in [-0.25, -0.2) is 0 Å². The summed E-state index contributed by atoms with van der Waals surface area (Å²) >= 11 is 1.46. The summed E-state index contributed by atoms with van der Waals surface area (Å²) < 4.78 is 5.44. The van der Waals surface area contributed by atoms with Crippen molar-refractivity contribution in [3.8, 4) is 11.1 Å².